The van der Waals surface area contributed by atoms with Gasteiger partial charge in [0.2, 0.25) is 0 Å². The Kier molecular flexibility index (Phi) is 5.51. The Bertz CT molecular complexity index is 705. The highest BCUT2D eigenvalue weighted by atomic mass is 35.5. The summed E-state index contributed by atoms with van der Waals surface area (Å²) in [5, 5.41) is 3.49. The summed E-state index contributed by atoms with van der Waals surface area (Å²) in [6, 6.07) is 6.46. The number of carbonyl (C=O) groups excluding carboxylic acids is 1. The first-order chi connectivity index (χ1) is 10.4. The van der Waals surface area contributed by atoms with E-state index in [1.165, 1.54) is 12.3 Å². The minimum absolute atomic E-state index is 0.0141. The third-order valence-electron chi connectivity index (χ3n) is 2.61. The number of rotatable bonds is 4. The summed E-state index contributed by atoms with van der Waals surface area (Å²) in [5.41, 5.74) is 0.838. The standard InChI is InChI=1S/C15H13Cl3N2O2/c1-8(2)22-13-4-3-10(6-11(13)16)20-15(21)9-5-12(17)14(18)19-7-9/h3-8H,1-2H3,(H,20,21). The average molecular weight is 360 g/mol. The van der Waals surface area contributed by atoms with Gasteiger partial charge in [-0.25, -0.2) is 4.98 Å². The minimum Gasteiger partial charge on any atom is -0.489 e. The lowest BCUT2D eigenvalue weighted by atomic mass is 10.2. The van der Waals surface area contributed by atoms with E-state index < -0.39 is 0 Å². The lowest BCUT2D eigenvalue weighted by Crippen LogP contribution is -2.12. The molecule has 0 aliphatic carbocycles. The van der Waals surface area contributed by atoms with Gasteiger partial charge in [-0.05, 0) is 38.1 Å². The molecule has 0 bridgehead atoms. The SMILES string of the molecule is CC(C)Oc1ccc(NC(=O)c2cnc(Cl)c(Cl)c2)cc1Cl. The quantitative estimate of drug-likeness (QED) is 0.774. The van der Waals surface area contributed by atoms with Crippen LogP contribution >= 0.6 is 34.8 Å². The van der Waals surface area contributed by atoms with Crippen molar-refractivity contribution >= 4 is 46.4 Å². The van der Waals surface area contributed by atoms with Crippen LogP contribution in [-0.2, 0) is 0 Å². The maximum Gasteiger partial charge on any atom is 0.257 e. The van der Waals surface area contributed by atoms with Crippen LogP contribution in [0.5, 0.6) is 5.75 Å². The molecule has 2 rings (SSSR count). The number of ether oxygens (including phenoxy) is 1. The maximum absolute atomic E-state index is 12.1. The number of halogens is 3. The molecule has 7 heteroatoms. The van der Waals surface area contributed by atoms with Gasteiger partial charge in [0, 0.05) is 11.9 Å². The molecule has 0 saturated heterocycles. The fraction of sp³-hybridized carbons (Fsp3) is 0.200. The summed E-state index contributed by atoms with van der Waals surface area (Å²) in [7, 11) is 0. The summed E-state index contributed by atoms with van der Waals surface area (Å²) in [4.78, 5) is 16.0. The first-order valence-electron chi connectivity index (χ1n) is 6.45. The number of pyridine rings is 1. The molecule has 0 unspecified atom stereocenters. The van der Waals surface area contributed by atoms with Gasteiger partial charge in [0.05, 0.1) is 21.7 Å². The molecule has 0 saturated carbocycles. The first kappa shape index (κ1) is 16.9. The fourth-order valence-electron chi connectivity index (χ4n) is 1.68. The third-order valence-corrected chi connectivity index (χ3v) is 3.59. The number of anilines is 1. The highest BCUT2D eigenvalue weighted by molar-refractivity contribution is 6.41. The van der Waals surface area contributed by atoms with Crippen LogP contribution in [0.1, 0.15) is 24.2 Å². The van der Waals surface area contributed by atoms with Crippen LogP contribution in [0.3, 0.4) is 0 Å². The van der Waals surface area contributed by atoms with Gasteiger partial charge in [0.25, 0.3) is 5.91 Å². The van der Waals surface area contributed by atoms with Crippen LogP contribution in [-0.4, -0.2) is 17.0 Å². The largest absolute Gasteiger partial charge is 0.489 e. The topological polar surface area (TPSA) is 51.2 Å². The van der Waals surface area contributed by atoms with Gasteiger partial charge in [-0.15, -0.1) is 0 Å². The lowest BCUT2D eigenvalue weighted by molar-refractivity contribution is 0.102. The Morgan fingerprint density at radius 1 is 1.18 bits per heavy atom. The predicted octanol–water partition coefficient (Wildman–Crippen LogP) is 5.08. The minimum atomic E-state index is -0.361. The van der Waals surface area contributed by atoms with Crippen molar-refractivity contribution in [2.75, 3.05) is 5.32 Å². The van der Waals surface area contributed by atoms with Gasteiger partial charge in [-0.2, -0.15) is 0 Å². The molecule has 0 aliphatic heterocycles. The zero-order valence-electron chi connectivity index (χ0n) is 11.9. The zero-order valence-corrected chi connectivity index (χ0v) is 14.1. The van der Waals surface area contributed by atoms with E-state index in [0.717, 1.165) is 0 Å². The van der Waals surface area contributed by atoms with E-state index in [1.807, 2.05) is 13.8 Å². The highest BCUT2D eigenvalue weighted by Crippen LogP contribution is 2.29. The molecule has 1 aromatic heterocycles. The molecule has 1 aromatic carbocycles. The van der Waals surface area contributed by atoms with E-state index in [4.69, 9.17) is 39.5 Å². The van der Waals surface area contributed by atoms with Gasteiger partial charge in [-0.1, -0.05) is 34.8 Å². The second kappa shape index (κ2) is 7.18. The third kappa shape index (κ3) is 4.26. The van der Waals surface area contributed by atoms with Crippen LogP contribution in [0.25, 0.3) is 0 Å². The summed E-state index contributed by atoms with van der Waals surface area (Å²) >= 11 is 17.7. The molecule has 1 amide bonds. The Balaban J connectivity index is 2.14. The number of nitrogens with zero attached hydrogens (tertiary/aromatic N) is 1. The van der Waals surface area contributed by atoms with Crippen LogP contribution in [0.2, 0.25) is 15.2 Å². The first-order valence-corrected chi connectivity index (χ1v) is 7.59. The van der Waals surface area contributed by atoms with Crippen molar-refractivity contribution in [3.63, 3.8) is 0 Å². The summed E-state index contributed by atoms with van der Waals surface area (Å²) in [5.74, 6) is 0.200. The summed E-state index contributed by atoms with van der Waals surface area (Å²) in [6.45, 7) is 3.81. The second-order valence-corrected chi connectivity index (χ2v) is 5.93. The number of hydrogen-bond donors (Lipinski definition) is 1. The molecule has 1 heterocycles. The lowest BCUT2D eigenvalue weighted by Gasteiger charge is -2.12. The van der Waals surface area contributed by atoms with Crippen molar-refractivity contribution in [2.24, 2.45) is 0 Å². The molecular formula is C15H13Cl3N2O2. The number of hydrogen-bond acceptors (Lipinski definition) is 3. The number of amides is 1. The highest BCUT2D eigenvalue weighted by Gasteiger charge is 2.11. The summed E-state index contributed by atoms with van der Waals surface area (Å²) in [6.07, 6.45) is 1.36. The Morgan fingerprint density at radius 3 is 2.50 bits per heavy atom. The van der Waals surface area contributed by atoms with Gasteiger partial charge >= 0.3 is 0 Å². The van der Waals surface area contributed by atoms with Gasteiger partial charge < -0.3 is 10.1 Å². The number of carbonyl (C=O) groups is 1. The zero-order chi connectivity index (χ0) is 16.3. The van der Waals surface area contributed by atoms with Crippen LogP contribution < -0.4 is 10.1 Å². The molecule has 22 heavy (non-hydrogen) atoms. The Labute approximate surface area is 143 Å². The fourth-order valence-corrected chi connectivity index (χ4v) is 2.17. The molecular weight excluding hydrogens is 347 g/mol. The molecule has 116 valence electrons. The van der Waals surface area contributed by atoms with Crippen molar-refractivity contribution in [1.82, 2.24) is 4.98 Å². The molecule has 0 fully saturated rings. The molecule has 4 nitrogen and oxygen atoms in total. The van der Waals surface area contributed by atoms with Crippen LogP contribution in [0.15, 0.2) is 30.5 Å². The molecule has 0 aliphatic rings. The van der Waals surface area contributed by atoms with E-state index in [9.17, 15) is 4.79 Å². The van der Waals surface area contributed by atoms with Crippen molar-refractivity contribution in [3.8, 4) is 5.75 Å². The Morgan fingerprint density at radius 2 is 1.91 bits per heavy atom. The van der Waals surface area contributed by atoms with E-state index >= 15 is 0 Å². The van der Waals surface area contributed by atoms with E-state index in [-0.39, 0.29) is 22.2 Å². The van der Waals surface area contributed by atoms with Crippen molar-refractivity contribution < 1.29 is 9.53 Å². The van der Waals surface area contributed by atoms with Gasteiger partial charge in [0.1, 0.15) is 10.9 Å². The van der Waals surface area contributed by atoms with E-state index in [1.54, 1.807) is 18.2 Å². The molecule has 1 N–H and O–H groups in total. The predicted molar refractivity (Wildman–Crippen MR) is 89.4 cm³/mol. The van der Waals surface area contributed by atoms with Crippen molar-refractivity contribution in [1.29, 1.82) is 0 Å². The summed E-state index contributed by atoms with van der Waals surface area (Å²) < 4.78 is 5.53. The van der Waals surface area contributed by atoms with E-state index in [0.29, 0.717) is 22.0 Å². The van der Waals surface area contributed by atoms with Gasteiger partial charge in [-0.3, -0.25) is 4.79 Å². The smallest absolute Gasteiger partial charge is 0.257 e. The monoisotopic (exact) mass is 358 g/mol. The molecule has 0 spiro atoms. The van der Waals surface area contributed by atoms with Crippen molar-refractivity contribution in [3.05, 3.63) is 51.2 Å². The average Bonchev–Trinajstić information content (AvgIpc) is 2.44. The number of aromatic nitrogens is 1. The normalized spacial score (nSPS) is 10.6. The van der Waals surface area contributed by atoms with Crippen LogP contribution in [0.4, 0.5) is 5.69 Å². The number of benzene rings is 1. The maximum atomic E-state index is 12.1. The number of nitrogens with one attached hydrogen (secondary N) is 1. The van der Waals surface area contributed by atoms with Crippen LogP contribution in [0, 0.1) is 0 Å². The molecule has 0 radical (unpaired) electrons. The van der Waals surface area contributed by atoms with E-state index in [2.05, 4.69) is 10.3 Å². The Hall–Kier alpha value is -1.49. The second-order valence-electron chi connectivity index (χ2n) is 4.76. The molecule has 2 aromatic rings. The van der Waals surface area contributed by atoms with Gasteiger partial charge in [0.15, 0.2) is 0 Å². The molecule has 0 atom stereocenters. The van der Waals surface area contributed by atoms with Crippen molar-refractivity contribution in [2.45, 2.75) is 20.0 Å².